The Morgan fingerprint density at radius 2 is 1.59 bits per heavy atom. The van der Waals surface area contributed by atoms with Crippen molar-refractivity contribution in [2.75, 3.05) is 12.5 Å². The van der Waals surface area contributed by atoms with Gasteiger partial charge >= 0.3 is 5.97 Å². The van der Waals surface area contributed by atoms with E-state index in [4.69, 9.17) is 16.3 Å². The van der Waals surface area contributed by atoms with Crippen LogP contribution in [0.25, 0.3) is 0 Å². The summed E-state index contributed by atoms with van der Waals surface area (Å²) < 4.78 is 5.41. The van der Waals surface area contributed by atoms with Crippen LogP contribution in [0.5, 0.6) is 5.75 Å². The van der Waals surface area contributed by atoms with Crippen LogP contribution < -0.4 is 4.74 Å². The molecule has 1 N–H and O–H groups in total. The second kappa shape index (κ2) is 8.44. The minimum atomic E-state index is -0.772. The van der Waals surface area contributed by atoms with Gasteiger partial charge in [-0.15, -0.1) is 11.6 Å². The van der Waals surface area contributed by atoms with Crippen LogP contribution in [0.4, 0.5) is 0 Å². The highest BCUT2D eigenvalue weighted by atomic mass is 35.5. The van der Waals surface area contributed by atoms with Gasteiger partial charge in [-0.3, -0.25) is 4.79 Å². The van der Waals surface area contributed by atoms with Crippen molar-refractivity contribution in [3.05, 3.63) is 65.7 Å². The summed E-state index contributed by atoms with van der Waals surface area (Å²) in [4.78, 5) is 11.5. The Balaban J connectivity index is 2.00. The quantitative estimate of drug-likeness (QED) is 0.753. The Labute approximate surface area is 135 Å². The van der Waals surface area contributed by atoms with Crippen molar-refractivity contribution in [1.29, 1.82) is 0 Å². The molecule has 1 unspecified atom stereocenters. The molecule has 2 aromatic rings. The second-order valence-corrected chi connectivity index (χ2v) is 5.49. The molecule has 0 saturated heterocycles. The van der Waals surface area contributed by atoms with Crippen molar-refractivity contribution in [1.82, 2.24) is 0 Å². The first-order valence-electron chi connectivity index (χ1n) is 7.23. The first-order valence-corrected chi connectivity index (χ1v) is 7.77. The minimum absolute atomic E-state index is 0.433. The van der Waals surface area contributed by atoms with Gasteiger partial charge in [0.25, 0.3) is 0 Å². The molecule has 0 heterocycles. The second-order valence-electron chi connectivity index (χ2n) is 5.11. The number of aliphatic carboxylic acids is 1. The third-order valence-corrected chi connectivity index (χ3v) is 3.58. The minimum Gasteiger partial charge on any atom is -0.492 e. The van der Waals surface area contributed by atoms with E-state index in [0.717, 1.165) is 16.9 Å². The lowest BCUT2D eigenvalue weighted by Crippen LogP contribution is -2.19. The fourth-order valence-electron chi connectivity index (χ4n) is 2.31. The molecule has 4 heteroatoms. The highest BCUT2D eigenvalue weighted by Crippen LogP contribution is 2.18. The number of hydrogen-bond acceptors (Lipinski definition) is 2. The first-order chi connectivity index (χ1) is 10.7. The molecule has 0 fully saturated rings. The number of carboxylic acid groups (broad SMARTS) is 1. The molecule has 0 aliphatic heterocycles. The van der Waals surface area contributed by atoms with Gasteiger partial charge < -0.3 is 9.84 Å². The van der Waals surface area contributed by atoms with Gasteiger partial charge in [0, 0.05) is 0 Å². The standard InChI is InChI=1S/C18H19ClO3/c19-10-11-22-17-8-6-15(7-9-17)13-16(18(20)21)12-14-4-2-1-3-5-14/h1-9,16H,10-13H2,(H,20,21). The highest BCUT2D eigenvalue weighted by molar-refractivity contribution is 6.18. The van der Waals surface area contributed by atoms with E-state index in [-0.39, 0.29) is 0 Å². The van der Waals surface area contributed by atoms with Crippen molar-refractivity contribution in [3.63, 3.8) is 0 Å². The summed E-state index contributed by atoms with van der Waals surface area (Å²) in [6.45, 7) is 0.465. The molecule has 0 radical (unpaired) electrons. The number of halogens is 1. The van der Waals surface area contributed by atoms with Crippen LogP contribution in [-0.4, -0.2) is 23.6 Å². The number of rotatable bonds is 8. The zero-order valence-corrected chi connectivity index (χ0v) is 13.0. The topological polar surface area (TPSA) is 46.5 Å². The predicted molar refractivity (Wildman–Crippen MR) is 87.6 cm³/mol. The third kappa shape index (κ3) is 5.08. The lowest BCUT2D eigenvalue weighted by atomic mass is 9.92. The van der Waals surface area contributed by atoms with Gasteiger partial charge in [0.15, 0.2) is 0 Å². The SMILES string of the molecule is O=C(O)C(Cc1ccccc1)Cc1ccc(OCCCl)cc1. The van der Waals surface area contributed by atoms with Gasteiger partial charge in [0.05, 0.1) is 11.8 Å². The maximum Gasteiger partial charge on any atom is 0.307 e. The van der Waals surface area contributed by atoms with Crippen molar-refractivity contribution in [2.24, 2.45) is 5.92 Å². The Bertz CT molecular complexity index is 581. The molecule has 0 aliphatic carbocycles. The average Bonchev–Trinajstić information content (AvgIpc) is 2.54. The Morgan fingerprint density at radius 1 is 1.00 bits per heavy atom. The van der Waals surface area contributed by atoms with Gasteiger partial charge in [0.1, 0.15) is 12.4 Å². The summed E-state index contributed by atoms with van der Waals surface area (Å²) in [5, 5.41) is 9.43. The summed E-state index contributed by atoms with van der Waals surface area (Å²) in [6.07, 6.45) is 1.03. The molecule has 2 aromatic carbocycles. The smallest absolute Gasteiger partial charge is 0.307 e. The molecule has 0 aromatic heterocycles. The summed E-state index contributed by atoms with van der Waals surface area (Å²) in [6, 6.07) is 17.2. The van der Waals surface area contributed by atoms with Crippen molar-refractivity contribution >= 4 is 17.6 Å². The van der Waals surface area contributed by atoms with E-state index in [1.165, 1.54) is 0 Å². The summed E-state index contributed by atoms with van der Waals surface area (Å²) >= 11 is 5.57. The molecule has 0 bridgehead atoms. The van der Waals surface area contributed by atoms with E-state index < -0.39 is 11.9 Å². The maximum absolute atomic E-state index is 11.5. The van der Waals surface area contributed by atoms with Crippen molar-refractivity contribution in [3.8, 4) is 5.75 Å². The van der Waals surface area contributed by atoms with Gasteiger partial charge in [-0.25, -0.2) is 0 Å². The molecule has 0 spiro atoms. The summed E-state index contributed by atoms with van der Waals surface area (Å²) in [5.41, 5.74) is 2.03. The number of carboxylic acids is 1. The zero-order valence-electron chi connectivity index (χ0n) is 12.2. The highest BCUT2D eigenvalue weighted by Gasteiger charge is 2.18. The molecular formula is C18H19ClO3. The van der Waals surface area contributed by atoms with E-state index in [9.17, 15) is 9.90 Å². The van der Waals surface area contributed by atoms with E-state index in [1.54, 1.807) is 0 Å². The van der Waals surface area contributed by atoms with Crippen LogP contribution in [0.3, 0.4) is 0 Å². The Kier molecular flexibility index (Phi) is 6.28. The molecular weight excluding hydrogens is 300 g/mol. The molecule has 2 rings (SSSR count). The van der Waals surface area contributed by atoms with Crippen LogP contribution >= 0.6 is 11.6 Å². The van der Waals surface area contributed by atoms with E-state index in [0.29, 0.717) is 25.3 Å². The molecule has 0 aliphatic rings. The number of ether oxygens (including phenoxy) is 1. The molecule has 3 nitrogen and oxygen atoms in total. The van der Waals surface area contributed by atoms with Crippen LogP contribution in [-0.2, 0) is 17.6 Å². The summed E-state index contributed by atoms with van der Waals surface area (Å²) in [7, 11) is 0. The largest absolute Gasteiger partial charge is 0.492 e. The van der Waals surface area contributed by atoms with Crippen LogP contribution in [0.2, 0.25) is 0 Å². The molecule has 0 saturated carbocycles. The van der Waals surface area contributed by atoms with Gasteiger partial charge in [0.2, 0.25) is 0 Å². The lowest BCUT2D eigenvalue weighted by molar-refractivity contribution is -0.141. The average molecular weight is 319 g/mol. The fourth-order valence-corrected chi connectivity index (χ4v) is 2.39. The number of alkyl halides is 1. The van der Waals surface area contributed by atoms with E-state index in [2.05, 4.69) is 0 Å². The van der Waals surface area contributed by atoms with Gasteiger partial charge in [-0.05, 0) is 36.1 Å². The van der Waals surface area contributed by atoms with Crippen LogP contribution in [0, 0.1) is 5.92 Å². The van der Waals surface area contributed by atoms with Crippen molar-refractivity contribution < 1.29 is 14.6 Å². The van der Waals surface area contributed by atoms with Crippen LogP contribution in [0.1, 0.15) is 11.1 Å². The number of carbonyl (C=O) groups is 1. The third-order valence-electron chi connectivity index (χ3n) is 3.43. The normalized spacial score (nSPS) is 11.9. The first kappa shape index (κ1) is 16.4. The molecule has 1 atom stereocenters. The predicted octanol–water partition coefficient (Wildman–Crippen LogP) is 3.79. The monoisotopic (exact) mass is 318 g/mol. The van der Waals surface area contributed by atoms with E-state index >= 15 is 0 Å². The summed E-state index contributed by atoms with van der Waals surface area (Å²) in [5.74, 6) is -0.0115. The fraction of sp³-hybridized carbons (Fsp3) is 0.278. The number of benzene rings is 2. The maximum atomic E-state index is 11.5. The number of hydrogen-bond donors (Lipinski definition) is 1. The van der Waals surface area contributed by atoms with Crippen molar-refractivity contribution in [2.45, 2.75) is 12.8 Å². The van der Waals surface area contributed by atoms with Crippen LogP contribution in [0.15, 0.2) is 54.6 Å². The molecule has 116 valence electrons. The molecule has 22 heavy (non-hydrogen) atoms. The molecule has 0 amide bonds. The Hall–Kier alpha value is -2.00. The van der Waals surface area contributed by atoms with Gasteiger partial charge in [-0.2, -0.15) is 0 Å². The van der Waals surface area contributed by atoms with E-state index in [1.807, 2.05) is 54.6 Å². The Morgan fingerprint density at radius 3 is 2.14 bits per heavy atom. The lowest BCUT2D eigenvalue weighted by Gasteiger charge is -2.13. The van der Waals surface area contributed by atoms with Gasteiger partial charge in [-0.1, -0.05) is 42.5 Å². The zero-order chi connectivity index (χ0) is 15.8.